The van der Waals surface area contributed by atoms with E-state index in [2.05, 4.69) is 45.5 Å². The van der Waals surface area contributed by atoms with Gasteiger partial charge in [0, 0.05) is 17.5 Å². The number of fused-ring (bicyclic) bond motifs is 5. The number of carbonyl (C=O) groups is 1. The number of carboxylic acids is 1. The van der Waals surface area contributed by atoms with E-state index in [0.717, 1.165) is 58.8 Å². The van der Waals surface area contributed by atoms with Crippen LogP contribution in [0.1, 0.15) is 31.4 Å². The summed E-state index contributed by atoms with van der Waals surface area (Å²) in [6, 6.07) is 18.4. The molecule has 8 heteroatoms. The Balaban J connectivity index is 1.36. The number of benzene rings is 2. The summed E-state index contributed by atoms with van der Waals surface area (Å²) in [7, 11) is 0. The molecule has 3 fully saturated rings. The van der Waals surface area contributed by atoms with Gasteiger partial charge in [-0.3, -0.25) is 9.89 Å². The van der Waals surface area contributed by atoms with Crippen molar-refractivity contribution >= 4 is 39.4 Å². The van der Waals surface area contributed by atoms with Crippen molar-refractivity contribution in [3.8, 4) is 22.8 Å². The predicted octanol–water partition coefficient (Wildman–Crippen LogP) is 6.57. The average molecular weight is 524 g/mol. The topological polar surface area (TPSA) is 105 Å². The van der Waals surface area contributed by atoms with Gasteiger partial charge in [0.25, 0.3) is 0 Å². The summed E-state index contributed by atoms with van der Waals surface area (Å²) in [4.78, 5) is 26.6. The lowest BCUT2D eigenvalue weighted by Crippen LogP contribution is -2.45. The first-order valence-corrected chi connectivity index (χ1v) is 13.5. The van der Waals surface area contributed by atoms with Crippen LogP contribution in [-0.4, -0.2) is 36.2 Å². The van der Waals surface area contributed by atoms with E-state index in [9.17, 15) is 9.90 Å². The molecule has 3 aliphatic rings. The normalized spacial score (nSPS) is 22.8. The third-order valence-corrected chi connectivity index (χ3v) is 8.75. The SMILES string of the molecule is O=C(O)C1C2CCC(CC2)C1Cc1cc(-c2ccc3ccccc3c2)nc(-c2[nH]nc3ncc(Cl)cc23)n1. The number of carboxylic acid groups (broad SMARTS) is 1. The first-order chi connectivity index (χ1) is 18.5. The second kappa shape index (κ2) is 9.17. The van der Waals surface area contributed by atoms with Crippen LogP contribution in [0.25, 0.3) is 44.6 Å². The summed E-state index contributed by atoms with van der Waals surface area (Å²) >= 11 is 6.26. The zero-order valence-corrected chi connectivity index (χ0v) is 21.4. The zero-order valence-electron chi connectivity index (χ0n) is 20.6. The van der Waals surface area contributed by atoms with Crippen molar-refractivity contribution in [2.75, 3.05) is 0 Å². The average Bonchev–Trinajstić information content (AvgIpc) is 3.36. The minimum absolute atomic E-state index is 0.0711. The number of aliphatic carboxylic acids is 1. The van der Waals surface area contributed by atoms with E-state index in [1.165, 1.54) is 0 Å². The van der Waals surface area contributed by atoms with Crippen molar-refractivity contribution < 1.29 is 9.90 Å². The standard InChI is InChI=1S/C30H26ClN5O2/c31-21-12-24-27(35-36-28(24)32-15-21)29-33-22(13-23-17-6-8-18(9-7-17)26(23)30(37)38)14-25(34-29)20-10-5-16-3-1-2-4-19(16)11-20/h1-5,10-12,14-15,17-18,23,26H,6-9,13H2,(H,37,38)(H,32,35,36). The van der Waals surface area contributed by atoms with Crippen molar-refractivity contribution in [1.82, 2.24) is 25.1 Å². The molecule has 2 aromatic carbocycles. The van der Waals surface area contributed by atoms with E-state index in [1.807, 2.05) is 24.3 Å². The molecule has 2 unspecified atom stereocenters. The Kier molecular flexibility index (Phi) is 5.62. The predicted molar refractivity (Wildman–Crippen MR) is 147 cm³/mol. The van der Waals surface area contributed by atoms with Crippen LogP contribution < -0.4 is 0 Å². The Morgan fingerprint density at radius 3 is 2.58 bits per heavy atom. The van der Waals surface area contributed by atoms with Crippen LogP contribution in [-0.2, 0) is 11.2 Å². The molecular weight excluding hydrogens is 498 g/mol. The minimum atomic E-state index is -0.672. The number of nitrogens with one attached hydrogen (secondary N) is 1. The summed E-state index contributed by atoms with van der Waals surface area (Å²) in [5, 5.41) is 21.1. The monoisotopic (exact) mass is 523 g/mol. The summed E-state index contributed by atoms with van der Waals surface area (Å²) in [5.74, 6) is 0.259. The molecule has 2 bridgehead atoms. The molecule has 0 aliphatic heterocycles. The molecule has 3 saturated carbocycles. The highest BCUT2D eigenvalue weighted by atomic mass is 35.5. The lowest BCUT2D eigenvalue weighted by molar-refractivity contribution is -0.152. The minimum Gasteiger partial charge on any atom is -0.481 e. The van der Waals surface area contributed by atoms with Gasteiger partial charge in [0.05, 0.1) is 22.0 Å². The zero-order chi connectivity index (χ0) is 25.8. The van der Waals surface area contributed by atoms with Gasteiger partial charge in [-0.15, -0.1) is 0 Å². The highest BCUT2D eigenvalue weighted by Crippen LogP contribution is 2.50. The molecule has 0 spiro atoms. The third-order valence-electron chi connectivity index (χ3n) is 8.55. The number of rotatable bonds is 5. The van der Waals surface area contributed by atoms with Gasteiger partial charge in [-0.2, -0.15) is 5.10 Å². The second-order valence-electron chi connectivity index (χ2n) is 10.7. The summed E-state index contributed by atoms with van der Waals surface area (Å²) in [6.45, 7) is 0. The number of pyridine rings is 1. The number of H-pyrrole nitrogens is 1. The molecule has 2 N–H and O–H groups in total. The van der Waals surface area contributed by atoms with E-state index >= 15 is 0 Å². The van der Waals surface area contributed by atoms with Crippen LogP contribution in [0.2, 0.25) is 5.02 Å². The van der Waals surface area contributed by atoms with Gasteiger partial charge in [0.1, 0.15) is 5.69 Å². The Labute approximate surface area is 224 Å². The van der Waals surface area contributed by atoms with Crippen LogP contribution in [0.5, 0.6) is 0 Å². The number of hydrogen-bond acceptors (Lipinski definition) is 5. The van der Waals surface area contributed by atoms with Crippen molar-refractivity contribution in [2.45, 2.75) is 32.1 Å². The smallest absolute Gasteiger partial charge is 0.307 e. The summed E-state index contributed by atoms with van der Waals surface area (Å²) < 4.78 is 0. The molecule has 3 aliphatic carbocycles. The fraction of sp³-hybridized carbons (Fsp3) is 0.300. The first kappa shape index (κ1) is 23.3. The van der Waals surface area contributed by atoms with Crippen molar-refractivity contribution in [3.05, 3.63) is 71.5 Å². The van der Waals surface area contributed by atoms with E-state index in [1.54, 1.807) is 6.20 Å². The molecule has 5 aromatic rings. The van der Waals surface area contributed by atoms with Gasteiger partial charge in [-0.1, -0.05) is 48.0 Å². The van der Waals surface area contributed by atoms with Gasteiger partial charge in [0.15, 0.2) is 11.5 Å². The largest absolute Gasteiger partial charge is 0.481 e. The van der Waals surface area contributed by atoms with Gasteiger partial charge >= 0.3 is 5.97 Å². The van der Waals surface area contributed by atoms with Crippen molar-refractivity contribution in [2.24, 2.45) is 23.7 Å². The number of hydrogen-bond donors (Lipinski definition) is 2. The van der Waals surface area contributed by atoms with E-state index < -0.39 is 5.97 Å². The Morgan fingerprint density at radius 1 is 0.974 bits per heavy atom. The molecule has 38 heavy (non-hydrogen) atoms. The number of halogens is 1. The van der Waals surface area contributed by atoms with E-state index in [4.69, 9.17) is 21.6 Å². The number of aromatic nitrogens is 5. The fourth-order valence-corrected chi connectivity index (χ4v) is 6.91. The Hall–Kier alpha value is -3.84. The van der Waals surface area contributed by atoms with Crippen LogP contribution in [0, 0.1) is 23.7 Å². The number of nitrogens with zero attached hydrogens (tertiary/aromatic N) is 4. The summed E-state index contributed by atoms with van der Waals surface area (Å²) in [5.41, 5.74) is 3.81. The lowest BCUT2D eigenvalue weighted by atomic mass is 9.57. The maximum absolute atomic E-state index is 12.3. The molecule has 7 nitrogen and oxygen atoms in total. The van der Waals surface area contributed by atoms with Crippen LogP contribution in [0.4, 0.5) is 0 Å². The molecule has 0 saturated heterocycles. The van der Waals surface area contributed by atoms with Gasteiger partial charge < -0.3 is 5.11 Å². The molecule has 3 aromatic heterocycles. The third kappa shape index (κ3) is 4.02. The number of aromatic amines is 1. The van der Waals surface area contributed by atoms with E-state index in [0.29, 0.717) is 34.5 Å². The molecular formula is C30H26ClN5O2. The summed E-state index contributed by atoms with van der Waals surface area (Å²) in [6.07, 6.45) is 6.41. The van der Waals surface area contributed by atoms with Crippen molar-refractivity contribution in [1.29, 1.82) is 0 Å². The maximum Gasteiger partial charge on any atom is 0.307 e. The maximum atomic E-state index is 12.3. The van der Waals surface area contributed by atoms with Crippen molar-refractivity contribution in [3.63, 3.8) is 0 Å². The highest BCUT2D eigenvalue weighted by molar-refractivity contribution is 6.31. The molecule has 8 rings (SSSR count). The van der Waals surface area contributed by atoms with Crippen LogP contribution >= 0.6 is 11.6 Å². The molecule has 0 radical (unpaired) electrons. The Morgan fingerprint density at radius 2 is 1.76 bits per heavy atom. The lowest BCUT2D eigenvalue weighted by Gasteiger charge is -2.46. The molecule has 0 amide bonds. The second-order valence-corrected chi connectivity index (χ2v) is 11.1. The van der Waals surface area contributed by atoms with Gasteiger partial charge in [-0.05, 0) is 78.8 Å². The van der Waals surface area contributed by atoms with Crippen LogP contribution in [0.3, 0.4) is 0 Å². The highest BCUT2D eigenvalue weighted by Gasteiger charge is 2.47. The quantitative estimate of drug-likeness (QED) is 0.270. The molecule has 190 valence electrons. The van der Waals surface area contributed by atoms with Gasteiger partial charge in [-0.25, -0.2) is 15.0 Å². The first-order valence-electron chi connectivity index (χ1n) is 13.1. The Bertz CT molecular complexity index is 1690. The fourth-order valence-electron chi connectivity index (χ4n) is 6.75. The molecule has 3 heterocycles. The van der Waals surface area contributed by atoms with Crippen LogP contribution in [0.15, 0.2) is 60.8 Å². The van der Waals surface area contributed by atoms with E-state index in [-0.39, 0.29) is 17.8 Å². The molecule has 2 atom stereocenters. The van der Waals surface area contributed by atoms with Gasteiger partial charge in [0.2, 0.25) is 0 Å².